The third-order valence-corrected chi connectivity index (χ3v) is 3.62. The van der Waals surface area contributed by atoms with Crippen molar-refractivity contribution in [3.8, 4) is 5.75 Å². The first-order valence-corrected chi connectivity index (χ1v) is 7.07. The number of carboxylic acid groups (broad SMARTS) is 1. The zero-order valence-electron chi connectivity index (χ0n) is 11.5. The van der Waals surface area contributed by atoms with Crippen LogP contribution in [0.5, 0.6) is 5.75 Å². The predicted molar refractivity (Wildman–Crippen MR) is 76.4 cm³/mol. The van der Waals surface area contributed by atoms with Gasteiger partial charge in [0.2, 0.25) is 0 Å². The SMILES string of the molecule is CC1(COc2ccc(CCCC(=O)O)cc2Cl)COC1. The van der Waals surface area contributed by atoms with Crippen LogP contribution in [0.3, 0.4) is 0 Å². The van der Waals surface area contributed by atoms with Gasteiger partial charge in [-0.15, -0.1) is 0 Å². The van der Waals surface area contributed by atoms with E-state index in [4.69, 9.17) is 26.2 Å². The Balaban J connectivity index is 1.86. The fraction of sp³-hybridized carbons (Fsp3) is 0.533. The second kappa shape index (κ2) is 6.46. The Kier molecular flexibility index (Phi) is 4.89. The van der Waals surface area contributed by atoms with Crippen molar-refractivity contribution in [1.29, 1.82) is 0 Å². The monoisotopic (exact) mass is 298 g/mol. The number of hydrogen-bond donors (Lipinski definition) is 1. The number of carbonyl (C=O) groups is 1. The van der Waals surface area contributed by atoms with E-state index in [9.17, 15) is 4.79 Å². The molecule has 0 aromatic heterocycles. The van der Waals surface area contributed by atoms with Gasteiger partial charge >= 0.3 is 5.97 Å². The lowest BCUT2D eigenvalue weighted by atomic mass is 9.90. The van der Waals surface area contributed by atoms with Crippen molar-refractivity contribution in [2.45, 2.75) is 26.2 Å². The van der Waals surface area contributed by atoms with Crippen molar-refractivity contribution in [3.05, 3.63) is 28.8 Å². The molecule has 5 heteroatoms. The van der Waals surface area contributed by atoms with Gasteiger partial charge in [0, 0.05) is 11.8 Å². The van der Waals surface area contributed by atoms with Gasteiger partial charge in [-0.3, -0.25) is 4.79 Å². The van der Waals surface area contributed by atoms with Gasteiger partial charge in [-0.25, -0.2) is 0 Å². The molecule has 0 radical (unpaired) electrons. The van der Waals surface area contributed by atoms with E-state index in [-0.39, 0.29) is 11.8 Å². The molecule has 0 aliphatic carbocycles. The first-order valence-electron chi connectivity index (χ1n) is 6.69. The Morgan fingerprint density at radius 3 is 2.80 bits per heavy atom. The molecule has 0 spiro atoms. The molecule has 1 aliphatic heterocycles. The summed E-state index contributed by atoms with van der Waals surface area (Å²) in [4.78, 5) is 10.5. The van der Waals surface area contributed by atoms with E-state index in [1.807, 2.05) is 18.2 Å². The predicted octanol–water partition coefficient (Wildman–Crippen LogP) is 3.16. The lowest BCUT2D eigenvalue weighted by Gasteiger charge is -2.37. The smallest absolute Gasteiger partial charge is 0.303 e. The molecule has 110 valence electrons. The summed E-state index contributed by atoms with van der Waals surface area (Å²) in [5.74, 6) is -0.103. The maximum atomic E-state index is 10.5. The summed E-state index contributed by atoms with van der Waals surface area (Å²) < 4.78 is 10.9. The number of carboxylic acids is 1. The molecule has 1 aromatic carbocycles. The van der Waals surface area contributed by atoms with Gasteiger partial charge < -0.3 is 14.6 Å². The molecule has 0 amide bonds. The van der Waals surface area contributed by atoms with Crippen LogP contribution in [0.25, 0.3) is 0 Å². The fourth-order valence-corrected chi connectivity index (χ4v) is 2.30. The van der Waals surface area contributed by atoms with Gasteiger partial charge in [0.1, 0.15) is 5.75 Å². The minimum Gasteiger partial charge on any atom is -0.491 e. The summed E-state index contributed by atoms with van der Waals surface area (Å²) in [6.07, 6.45) is 1.49. The van der Waals surface area contributed by atoms with E-state index >= 15 is 0 Å². The van der Waals surface area contributed by atoms with Crippen LogP contribution in [0.2, 0.25) is 5.02 Å². The Morgan fingerprint density at radius 1 is 1.50 bits per heavy atom. The van der Waals surface area contributed by atoms with E-state index in [0.717, 1.165) is 18.8 Å². The second-order valence-electron chi connectivity index (χ2n) is 5.60. The summed E-state index contributed by atoms with van der Waals surface area (Å²) >= 11 is 6.19. The largest absolute Gasteiger partial charge is 0.491 e. The molecule has 2 rings (SSSR count). The fourth-order valence-electron chi connectivity index (χ4n) is 2.05. The molecule has 4 nitrogen and oxygen atoms in total. The Bertz CT molecular complexity index is 483. The normalized spacial score (nSPS) is 16.5. The summed E-state index contributed by atoms with van der Waals surface area (Å²) in [5, 5.41) is 9.18. The maximum Gasteiger partial charge on any atom is 0.303 e. The van der Waals surface area contributed by atoms with Crippen molar-refractivity contribution in [2.24, 2.45) is 5.41 Å². The van der Waals surface area contributed by atoms with E-state index in [1.165, 1.54) is 0 Å². The Morgan fingerprint density at radius 2 is 2.25 bits per heavy atom. The lowest BCUT2D eigenvalue weighted by Crippen LogP contribution is -2.44. The topological polar surface area (TPSA) is 55.8 Å². The number of benzene rings is 1. The molecule has 0 unspecified atom stereocenters. The highest BCUT2D eigenvalue weighted by atomic mass is 35.5. The number of rotatable bonds is 7. The zero-order valence-corrected chi connectivity index (χ0v) is 12.3. The molecule has 0 saturated carbocycles. The minimum atomic E-state index is -0.771. The van der Waals surface area contributed by atoms with Crippen LogP contribution in [0.15, 0.2) is 18.2 Å². The van der Waals surface area contributed by atoms with Gasteiger partial charge in [0.15, 0.2) is 0 Å². The molecule has 0 bridgehead atoms. The number of halogens is 1. The van der Waals surface area contributed by atoms with Gasteiger partial charge in [0.05, 0.1) is 24.8 Å². The molecule has 1 fully saturated rings. The molecule has 20 heavy (non-hydrogen) atoms. The maximum absolute atomic E-state index is 10.5. The van der Waals surface area contributed by atoms with Gasteiger partial charge in [-0.05, 0) is 30.5 Å². The van der Waals surface area contributed by atoms with E-state index in [2.05, 4.69) is 6.92 Å². The van der Waals surface area contributed by atoms with Gasteiger partial charge in [0.25, 0.3) is 0 Å². The standard InChI is InChI=1S/C15H19ClO4/c1-15(8-19-9-15)10-20-13-6-5-11(7-12(13)16)3-2-4-14(17)18/h5-7H,2-4,8-10H2,1H3,(H,17,18). The van der Waals surface area contributed by atoms with Crippen LogP contribution in [0, 0.1) is 5.41 Å². The molecule has 1 aromatic rings. The molecule has 1 N–H and O–H groups in total. The lowest BCUT2D eigenvalue weighted by molar-refractivity contribution is -0.137. The highest BCUT2D eigenvalue weighted by molar-refractivity contribution is 6.32. The van der Waals surface area contributed by atoms with Crippen molar-refractivity contribution in [2.75, 3.05) is 19.8 Å². The van der Waals surface area contributed by atoms with Crippen molar-refractivity contribution >= 4 is 17.6 Å². The zero-order chi connectivity index (χ0) is 14.6. The average molecular weight is 299 g/mol. The quantitative estimate of drug-likeness (QED) is 0.840. The summed E-state index contributed by atoms with van der Waals surface area (Å²) in [6, 6.07) is 5.63. The number of ether oxygens (including phenoxy) is 2. The third kappa shape index (κ3) is 4.12. The van der Waals surface area contributed by atoms with Crippen molar-refractivity contribution < 1.29 is 19.4 Å². The highest BCUT2D eigenvalue weighted by Gasteiger charge is 2.34. The third-order valence-electron chi connectivity index (χ3n) is 3.33. The minimum absolute atomic E-state index is 0.0868. The Hall–Kier alpha value is -1.26. The van der Waals surface area contributed by atoms with Crippen LogP contribution in [-0.4, -0.2) is 30.9 Å². The Labute approximate surface area is 123 Å². The first kappa shape index (κ1) is 15.1. The highest BCUT2D eigenvalue weighted by Crippen LogP contribution is 2.31. The molecule has 1 heterocycles. The van der Waals surface area contributed by atoms with Crippen LogP contribution in [-0.2, 0) is 16.0 Å². The van der Waals surface area contributed by atoms with Crippen LogP contribution >= 0.6 is 11.6 Å². The summed E-state index contributed by atoms with van der Waals surface area (Å²) in [6.45, 7) is 4.14. The molecule has 0 atom stereocenters. The van der Waals surface area contributed by atoms with E-state index in [1.54, 1.807) is 0 Å². The van der Waals surface area contributed by atoms with Crippen molar-refractivity contribution in [1.82, 2.24) is 0 Å². The average Bonchev–Trinajstić information content (AvgIpc) is 2.35. The van der Waals surface area contributed by atoms with Crippen LogP contribution in [0.1, 0.15) is 25.3 Å². The number of aliphatic carboxylic acids is 1. The van der Waals surface area contributed by atoms with E-state index < -0.39 is 5.97 Å². The molecular weight excluding hydrogens is 280 g/mol. The van der Waals surface area contributed by atoms with Crippen LogP contribution in [0.4, 0.5) is 0 Å². The van der Waals surface area contributed by atoms with Gasteiger partial charge in [-0.1, -0.05) is 24.6 Å². The molecule has 1 saturated heterocycles. The number of hydrogen-bond acceptors (Lipinski definition) is 3. The van der Waals surface area contributed by atoms with E-state index in [0.29, 0.717) is 30.2 Å². The molecular formula is C15H19ClO4. The second-order valence-corrected chi connectivity index (χ2v) is 6.01. The molecule has 1 aliphatic rings. The summed E-state index contributed by atoms with van der Waals surface area (Å²) in [5.41, 5.74) is 1.12. The summed E-state index contributed by atoms with van der Waals surface area (Å²) in [7, 11) is 0. The first-order chi connectivity index (χ1) is 9.48. The number of aryl methyl sites for hydroxylation is 1. The van der Waals surface area contributed by atoms with Crippen LogP contribution < -0.4 is 4.74 Å². The van der Waals surface area contributed by atoms with Gasteiger partial charge in [-0.2, -0.15) is 0 Å². The van der Waals surface area contributed by atoms with Crippen molar-refractivity contribution in [3.63, 3.8) is 0 Å².